The van der Waals surface area contributed by atoms with Crippen LogP contribution in [-0.2, 0) is 0 Å². The summed E-state index contributed by atoms with van der Waals surface area (Å²) in [6.07, 6.45) is 6.42. The molecule has 0 radical (unpaired) electrons. The number of nitrogens with zero attached hydrogens (tertiary/aromatic N) is 2. The zero-order valence-corrected chi connectivity index (χ0v) is 9.17. The summed E-state index contributed by atoms with van der Waals surface area (Å²) in [5.74, 6) is 0.660. The molecule has 0 bridgehead atoms. The summed E-state index contributed by atoms with van der Waals surface area (Å²) in [4.78, 5) is 8.54. The van der Waals surface area contributed by atoms with Crippen LogP contribution in [0, 0.1) is 5.92 Å². The van der Waals surface area contributed by atoms with Crippen molar-refractivity contribution >= 4 is 22.5 Å². The number of dihydropyridines is 1. The highest BCUT2D eigenvalue weighted by Crippen LogP contribution is 2.39. The quantitative estimate of drug-likeness (QED) is 0.633. The van der Waals surface area contributed by atoms with Crippen molar-refractivity contribution in [3.05, 3.63) is 23.4 Å². The van der Waals surface area contributed by atoms with E-state index in [1.807, 2.05) is 26.1 Å². The Balaban J connectivity index is 2.42. The summed E-state index contributed by atoms with van der Waals surface area (Å²) >= 11 is 5.96. The highest BCUT2D eigenvalue weighted by molar-refractivity contribution is 6.69. The molecule has 74 valence electrons. The summed E-state index contributed by atoms with van der Waals surface area (Å²) in [5, 5.41) is 0.576. The maximum absolute atomic E-state index is 5.96. The first-order chi connectivity index (χ1) is 6.76. The maximum atomic E-state index is 5.96. The first-order valence-electron chi connectivity index (χ1n) is 4.86. The molecule has 0 amide bonds. The monoisotopic (exact) mass is 208 g/mol. The number of allylic oxidation sites excluding steroid dienone is 3. The zero-order chi connectivity index (χ0) is 10.1. The molecule has 0 aromatic carbocycles. The van der Waals surface area contributed by atoms with E-state index in [0.29, 0.717) is 11.1 Å². The third-order valence-electron chi connectivity index (χ3n) is 2.53. The van der Waals surface area contributed by atoms with Crippen LogP contribution in [0.15, 0.2) is 33.4 Å². The molecule has 0 spiro atoms. The van der Waals surface area contributed by atoms with Crippen LogP contribution < -0.4 is 0 Å². The van der Waals surface area contributed by atoms with Crippen molar-refractivity contribution in [2.24, 2.45) is 15.9 Å². The Morgan fingerprint density at radius 3 is 2.79 bits per heavy atom. The molecule has 0 aromatic heterocycles. The smallest absolute Gasteiger partial charge is 0.130 e. The fourth-order valence-corrected chi connectivity index (χ4v) is 1.90. The molecule has 1 aliphatic carbocycles. The van der Waals surface area contributed by atoms with Crippen molar-refractivity contribution < 1.29 is 0 Å². The van der Waals surface area contributed by atoms with Gasteiger partial charge >= 0.3 is 0 Å². The van der Waals surface area contributed by atoms with E-state index in [2.05, 4.69) is 9.98 Å². The van der Waals surface area contributed by atoms with Gasteiger partial charge in [-0.1, -0.05) is 17.7 Å². The van der Waals surface area contributed by atoms with E-state index in [4.69, 9.17) is 11.6 Å². The van der Waals surface area contributed by atoms with Crippen molar-refractivity contribution in [1.82, 2.24) is 0 Å². The molecule has 3 heteroatoms. The van der Waals surface area contributed by atoms with Gasteiger partial charge in [0.1, 0.15) is 5.17 Å². The van der Waals surface area contributed by atoms with Gasteiger partial charge in [0.25, 0.3) is 0 Å². The van der Waals surface area contributed by atoms with Gasteiger partial charge in [0, 0.05) is 7.05 Å². The van der Waals surface area contributed by atoms with E-state index in [-0.39, 0.29) is 0 Å². The van der Waals surface area contributed by atoms with Gasteiger partial charge in [0.05, 0.1) is 11.4 Å². The van der Waals surface area contributed by atoms with Gasteiger partial charge in [-0.3, -0.25) is 4.99 Å². The highest BCUT2D eigenvalue weighted by atomic mass is 35.5. The molecule has 1 heterocycles. The Morgan fingerprint density at radius 2 is 2.29 bits per heavy atom. The van der Waals surface area contributed by atoms with E-state index in [0.717, 1.165) is 11.4 Å². The van der Waals surface area contributed by atoms with Gasteiger partial charge in [-0.25, -0.2) is 4.99 Å². The van der Waals surface area contributed by atoms with Crippen LogP contribution in [0.25, 0.3) is 0 Å². The summed E-state index contributed by atoms with van der Waals surface area (Å²) in [6.45, 7) is 1.96. The summed E-state index contributed by atoms with van der Waals surface area (Å²) in [5.41, 5.74) is 3.18. The Labute approximate surface area is 89.1 Å². The molecule has 0 unspecified atom stereocenters. The molecule has 1 saturated carbocycles. The Kier molecular flexibility index (Phi) is 2.55. The zero-order valence-electron chi connectivity index (χ0n) is 8.42. The van der Waals surface area contributed by atoms with Crippen molar-refractivity contribution in [2.45, 2.75) is 19.8 Å². The average Bonchev–Trinajstić information content (AvgIpc) is 2.99. The number of aliphatic imine (C=N–C) groups is 2. The Hall–Kier alpha value is -0.890. The lowest BCUT2D eigenvalue weighted by atomic mass is 10.0. The molecule has 0 N–H and O–H groups in total. The average molecular weight is 209 g/mol. The molecule has 1 aliphatic heterocycles. The fraction of sp³-hybridized carbons (Fsp3) is 0.455. The summed E-state index contributed by atoms with van der Waals surface area (Å²) in [7, 11) is 1.81. The van der Waals surface area contributed by atoms with Gasteiger partial charge in [0.2, 0.25) is 0 Å². The van der Waals surface area contributed by atoms with Crippen LogP contribution in [0.2, 0.25) is 0 Å². The Morgan fingerprint density at radius 1 is 1.57 bits per heavy atom. The molecule has 2 rings (SSSR count). The van der Waals surface area contributed by atoms with Crippen LogP contribution >= 0.6 is 11.6 Å². The lowest BCUT2D eigenvalue weighted by Gasteiger charge is -2.14. The maximum Gasteiger partial charge on any atom is 0.130 e. The first kappa shape index (κ1) is 9.66. The third-order valence-corrected chi connectivity index (χ3v) is 2.73. The highest BCUT2D eigenvalue weighted by Gasteiger charge is 2.31. The first-order valence-corrected chi connectivity index (χ1v) is 5.23. The number of rotatable bonds is 1. The van der Waals surface area contributed by atoms with Crippen LogP contribution in [-0.4, -0.2) is 17.9 Å². The molecule has 0 saturated heterocycles. The lowest BCUT2D eigenvalue weighted by Crippen LogP contribution is -2.13. The van der Waals surface area contributed by atoms with Crippen LogP contribution in [0.1, 0.15) is 19.8 Å². The normalized spacial score (nSPS) is 27.9. The van der Waals surface area contributed by atoms with Crippen molar-refractivity contribution in [2.75, 3.05) is 7.05 Å². The van der Waals surface area contributed by atoms with E-state index >= 15 is 0 Å². The van der Waals surface area contributed by atoms with Crippen LogP contribution in [0.4, 0.5) is 0 Å². The third kappa shape index (κ3) is 1.67. The number of hydrogen-bond acceptors (Lipinski definition) is 2. The lowest BCUT2D eigenvalue weighted by molar-refractivity contribution is 1.06. The van der Waals surface area contributed by atoms with Gasteiger partial charge in [-0.05, 0) is 37.3 Å². The van der Waals surface area contributed by atoms with Crippen LogP contribution in [0.3, 0.4) is 0 Å². The van der Waals surface area contributed by atoms with E-state index in [1.165, 1.54) is 18.4 Å². The Bertz CT molecular complexity index is 371. The van der Waals surface area contributed by atoms with Crippen LogP contribution in [0.5, 0.6) is 0 Å². The molecule has 0 aromatic rings. The van der Waals surface area contributed by atoms with Gasteiger partial charge < -0.3 is 0 Å². The van der Waals surface area contributed by atoms with E-state index < -0.39 is 0 Å². The second-order valence-electron chi connectivity index (χ2n) is 3.55. The molecular formula is C11H13ClN2. The molecule has 14 heavy (non-hydrogen) atoms. The minimum atomic E-state index is 0.576. The predicted molar refractivity (Wildman–Crippen MR) is 61.2 cm³/mol. The van der Waals surface area contributed by atoms with Gasteiger partial charge in [0.15, 0.2) is 0 Å². The second kappa shape index (κ2) is 3.70. The standard InChI is InChI=1S/C11H13ClN2/c1-3-9-11(13-2)8(7-4-5-7)6-10(12)14-9/h3,6-7H,4-5H2,1-2H3/b9-3+,13-11?. The second-order valence-corrected chi connectivity index (χ2v) is 3.94. The molecular weight excluding hydrogens is 196 g/mol. The topological polar surface area (TPSA) is 24.7 Å². The minimum Gasteiger partial charge on any atom is -0.286 e. The SMILES string of the molecule is C/C=C1/N=C(Cl)C=C(C2CC2)C1=NC. The van der Waals surface area contributed by atoms with Crippen molar-refractivity contribution in [3.63, 3.8) is 0 Å². The van der Waals surface area contributed by atoms with Crippen molar-refractivity contribution in [3.8, 4) is 0 Å². The summed E-state index contributed by atoms with van der Waals surface area (Å²) in [6, 6.07) is 0. The fourth-order valence-electron chi connectivity index (χ4n) is 1.70. The molecule has 1 fully saturated rings. The number of hydrogen-bond donors (Lipinski definition) is 0. The summed E-state index contributed by atoms with van der Waals surface area (Å²) < 4.78 is 0. The largest absolute Gasteiger partial charge is 0.286 e. The molecule has 0 atom stereocenters. The van der Waals surface area contributed by atoms with Crippen molar-refractivity contribution in [1.29, 1.82) is 0 Å². The number of halogens is 1. The van der Waals surface area contributed by atoms with E-state index in [1.54, 1.807) is 0 Å². The molecule has 2 aliphatic rings. The predicted octanol–water partition coefficient (Wildman–Crippen LogP) is 2.95. The van der Waals surface area contributed by atoms with Gasteiger partial charge in [-0.2, -0.15) is 0 Å². The van der Waals surface area contributed by atoms with Gasteiger partial charge in [-0.15, -0.1) is 0 Å². The minimum absolute atomic E-state index is 0.576. The van der Waals surface area contributed by atoms with E-state index in [9.17, 15) is 0 Å². The molecule has 2 nitrogen and oxygen atoms in total.